The summed E-state index contributed by atoms with van der Waals surface area (Å²) in [6, 6.07) is 6.44. The van der Waals surface area contributed by atoms with E-state index in [1.165, 1.54) is 18.4 Å². The molecule has 1 aromatic carbocycles. The Morgan fingerprint density at radius 2 is 2.00 bits per heavy atom. The van der Waals surface area contributed by atoms with Gasteiger partial charge in [-0.05, 0) is 42.5 Å². The number of benzene rings is 1. The predicted octanol–water partition coefficient (Wildman–Crippen LogP) is 2.40. The monoisotopic (exact) mass is 392 g/mol. The van der Waals surface area contributed by atoms with Crippen LogP contribution >= 0.6 is 0 Å². The van der Waals surface area contributed by atoms with Crippen LogP contribution in [0.15, 0.2) is 24.4 Å². The van der Waals surface area contributed by atoms with Crippen LogP contribution in [-0.4, -0.2) is 46.5 Å². The molecule has 2 aromatic rings. The first kappa shape index (κ1) is 17.4. The molecule has 150 valence electrons. The Hall–Kier alpha value is -2.51. The molecule has 6 rings (SSSR count). The molecule has 0 radical (unpaired) electrons. The second kappa shape index (κ2) is 6.50. The highest BCUT2D eigenvalue weighted by Crippen LogP contribution is 2.40. The molecule has 1 spiro atoms. The summed E-state index contributed by atoms with van der Waals surface area (Å²) in [6.07, 6.45) is 5.12. The van der Waals surface area contributed by atoms with Gasteiger partial charge in [0.2, 0.25) is 5.95 Å². The minimum Gasteiger partial charge on any atom is -0.376 e. The van der Waals surface area contributed by atoms with E-state index in [1.807, 2.05) is 29.3 Å². The number of nitrogens with one attached hydrogen (secondary N) is 1. The van der Waals surface area contributed by atoms with Crippen LogP contribution in [0, 0.1) is 0 Å². The maximum absolute atomic E-state index is 13.2. The Bertz CT molecular complexity index is 990. The average Bonchev–Trinajstić information content (AvgIpc) is 3.26. The van der Waals surface area contributed by atoms with Gasteiger partial charge in [-0.3, -0.25) is 4.79 Å². The molecule has 3 aliphatic heterocycles. The lowest BCUT2D eigenvalue weighted by molar-refractivity contribution is 0.0485. The fourth-order valence-corrected chi connectivity index (χ4v) is 4.72. The van der Waals surface area contributed by atoms with Gasteiger partial charge < -0.3 is 19.7 Å². The molecule has 4 aliphatic rings. The van der Waals surface area contributed by atoms with Crippen molar-refractivity contribution in [2.45, 2.75) is 50.5 Å². The smallest absolute Gasteiger partial charge is 0.253 e. The highest BCUT2D eigenvalue weighted by atomic mass is 16.5. The first-order valence-corrected chi connectivity index (χ1v) is 10.4. The third kappa shape index (κ3) is 3.00. The lowest BCUT2D eigenvalue weighted by atomic mass is 9.80. The van der Waals surface area contributed by atoms with Crippen molar-refractivity contribution in [3.05, 3.63) is 52.3 Å². The number of hydrogen-bond acceptors (Lipinski definition) is 6. The number of nitrogens with zero attached hydrogens (tertiary/aromatic N) is 3. The number of hydrogen-bond donors (Lipinski definition) is 1. The van der Waals surface area contributed by atoms with Crippen LogP contribution in [0.5, 0.6) is 0 Å². The van der Waals surface area contributed by atoms with Crippen LogP contribution in [0.1, 0.15) is 52.0 Å². The van der Waals surface area contributed by atoms with Crippen molar-refractivity contribution in [2.75, 3.05) is 25.0 Å². The molecule has 1 aromatic heterocycles. The standard InChI is InChI=1S/C22H24N4O3/c27-20(14-1-2-15-9-28-10-16(15)7-14)26-6-5-22(12-26)13-29-11-17-8-23-21(25-19(17)22)24-18-3-4-18/h1-2,7-8,18H,3-6,9-13H2,(H,23,24,25). The normalized spacial score (nSPS) is 25.2. The van der Waals surface area contributed by atoms with E-state index in [1.54, 1.807) is 0 Å². The highest BCUT2D eigenvalue weighted by molar-refractivity contribution is 5.94. The number of ether oxygens (including phenoxy) is 2. The third-order valence-electron chi connectivity index (χ3n) is 6.52. The van der Waals surface area contributed by atoms with Crippen LogP contribution in [0.25, 0.3) is 0 Å². The van der Waals surface area contributed by atoms with Crippen molar-refractivity contribution in [3.63, 3.8) is 0 Å². The molecule has 1 saturated heterocycles. The van der Waals surface area contributed by atoms with Gasteiger partial charge in [-0.15, -0.1) is 0 Å². The zero-order valence-electron chi connectivity index (χ0n) is 16.3. The molecule has 2 fully saturated rings. The molecule has 1 atom stereocenters. The van der Waals surface area contributed by atoms with E-state index in [2.05, 4.69) is 10.3 Å². The van der Waals surface area contributed by atoms with Gasteiger partial charge in [0.1, 0.15) is 0 Å². The first-order chi connectivity index (χ1) is 14.2. The van der Waals surface area contributed by atoms with Gasteiger partial charge in [-0.2, -0.15) is 0 Å². The number of likely N-dealkylation sites (tertiary alicyclic amines) is 1. The number of aromatic nitrogens is 2. The van der Waals surface area contributed by atoms with E-state index in [-0.39, 0.29) is 11.3 Å². The molecule has 1 aliphatic carbocycles. The summed E-state index contributed by atoms with van der Waals surface area (Å²) in [7, 11) is 0. The summed E-state index contributed by atoms with van der Waals surface area (Å²) >= 11 is 0. The van der Waals surface area contributed by atoms with Crippen LogP contribution < -0.4 is 5.32 Å². The summed E-state index contributed by atoms with van der Waals surface area (Å²) in [5.74, 6) is 0.782. The van der Waals surface area contributed by atoms with Crippen LogP contribution in [0.2, 0.25) is 0 Å². The van der Waals surface area contributed by atoms with Crippen molar-refractivity contribution in [3.8, 4) is 0 Å². The van der Waals surface area contributed by atoms with E-state index < -0.39 is 0 Å². The average molecular weight is 392 g/mol. The first-order valence-electron chi connectivity index (χ1n) is 10.4. The summed E-state index contributed by atoms with van der Waals surface area (Å²) in [4.78, 5) is 24.5. The molecule has 1 saturated carbocycles. The lowest BCUT2D eigenvalue weighted by Gasteiger charge is -2.34. The van der Waals surface area contributed by atoms with Crippen molar-refractivity contribution in [1.29, 1.82) is 0 Å². The van der Waals surface area contributed by atoms with Gasteiger partial charge in [0.15, 0.2) is 0 Å². The summed E-state index contributed by atoms with van der Waals surface area (Å²) in [6.45, 7) is 3.72. The zero-order chi connectivity index (χ0) is 19.4. The molecule has 4 heterocycles. The molecular formula is C22H24N4O3. The highest BCUT2D eigenvalue weighted by Gasteiger charge is 2.46. The quantitative estimate of drug-likeness (QED) is 0.864. The van der Waals surface area contributed by atoms with E-state index >= 15 is 0 Å². The van der Waals surface area contributed by atoms with E-state index in [0.29, 0.717) is 51.5 Å². The van der Waals surface area contributed by atoms with Crippen molar-refractivity contribution in [2.24, 2.45) is 0 Å². The zero-order valence-corrected chi connectivity index (χ0v) is 16.3. The van der Waals surface area contributed by atoms with Gasteiger partial charge in [0, 0.05) is 36.5 Å². The van der Waals surface area contributed by atoms with Crippen molar-refractivity contribution < 1.29 is 14.3 Å². The molecule has 7 heteroatoms. The number of carbonyl (C=O) groups is 1. The summed E-state index contributed by atoms with van der Waals surface area (Å²) in [5.41, 5.74) is 4.90. The lowest BCUT2D eigenvalue weighted by Crippen LogP contribution is -2.41. The largest absolute Gasteiger partial charge is 0.376 e. The van der Waals surface area contributed by atoms with Crippen LogP contribution in [0.3, 0.4) is 0 Å². The number of amides is 1. The number of fused-ring (bicyclic) bond motifs is 3. The second-order valence-electron chi connectivity index (χ2n) is 8.71. The molecule has 0 bridgehead atoms. The third-order valence-corrected chi connectivity index (χ3v) is 6.52. The van der Waals surface area contributed by atoms with Crippen LogP contribution in [-0.2, 0) is 34.7 Å². The van der Waals surface area contributed by atoms with Crippen LogP contribution in [0.4, 0.5) is 5.95 Å². The predicted molar refractivity (Wildman–Crippen MR) is 105 cm³/mol. The molecular weight excluding hydrogens is 368 g/mol. The van der Waals surface area contributed by atoms with Gasteiger partial charge >= 0.3 is 0 Å². The van der Waals surface area contributed by atoms with E-state index in [4.69, 9.17) is 14.5 Å². The minimum atomic E-state index is -0.244. The Morgan fingerprint density at radius 3 is 2.90 bits per heavy atom. The molecule has 1 unspecified atom stereocenters. The summed E-state index contributed by atoms with van der Waals surface area (Å²) in [5, 5.41) is 3.40. The van der Waals surface area contributed by atoms with E-state index in [9.17, 15) is 4.79 Å². The van der Waals surface area contributed by atoms with Crippen molar-refractivity contribution >= 4 is 11.9 Å². The van der Waals surface area contributed by atoms with Gasteiger partial charge in [0.25, 0.3) is 5.91 Å². The molecule has 29 heavy (non-hydrogen) atoms. The fraction of sp³-hybridized carbons (Fsp3) is 0.500. The Kier molecular flexibility index (Phi) is 3.89. The summed E-state index contributed by atoms with van der Waals surface area (Å²) < 4.78 is 11.4. The number of anilines is 1. The Balaban J connectivity index is 1.27. The minimum absolute atomic E-state index is 0.0779. The van der Waals surface area contributed by atoms with Gasteiger partial charge in [-0.25, -0.2) is 9.97 Å². The van der Waals surface area contributed by atoms with Gasteiger partial charge in [-0.1, -0.05) is 6.07 Å². The van der Waals surface area contributed by atoms with Gasteiger partial charge in [0.05, 0.1) is 37.5 Å². The SMILES string of the molecule is O=C(c1ccc2c(c1)COC2)N1CCC2(COCc3cnc(NC4CC4)nc32)C1. The Morgan fingerprint density at radius 1 is 1.14 bits per heavy atom. The maximum atomic E-state index is 13.2. The second-order valence-corrected chi connectivity index (χ2v) is 8.71. The Labute approximate surface area is 169 Å². The number of carbonyl (C=O) groups excluding carboxylic acids is 1. The molecule has 7 nitrogen and oxygen atoms in total. The molecule has 1 N–H and O–H groups in total. The number of rotatable bonds is 3. The van der Waals surface area contributed by atoms with Crippen molar-refractivity contribution in [1.82, 2.24) is 14.9 Å². The fourth-order valence-electron chi connectivity index (χ4n) is 4.72. The topological polar surface area (TPSA) is 76.6 Å². The molecule has 1 amide bonds. The maximum Gasteiger partial charge on any atom is 0.253 e. The van der Waals surface area contributed by atoms with E-state index in [0.717, 1.165) is 28.8 Å².